The SMILES string of the molecule is CC1(CNS(=O)(=O)c2ccc(N)cc2Cl)CCCCC1. The van der Waals surface area contributed by atoms with Crippen LogP contribution >= 0.6 is 11.6 Å². The van der Waals surface area contributed by atoms with E-state index in [0.29, 0.717) is 12.2 Å². The third-order valence-electron chi connectivity index (χ3n) is 4.00. The van der Waals surface area contributed by atoms with E-state index in [1.165, 1.54) is 31.4 Å². The predicted octanol–water partition coefficient (Wildman–Crippen LogP) is 3.17. The smallest absolute Gasteiger partial charge is 0.242 e. The Balaban J connectivity index is 2.11. The average molecular weight is 317 g/mol. The standard InChI is InChI=1S/C14H21ClN2O2S/c1-14(7-3-2-4-8-14)10-17-20(18,19)13-6-5-11(16)9-12(13)15/h5-6,9,17H,2-4,7-8,10,16H2,1H3. The summed E-state index contributed by atoms with van der Waals surface area (Å²) in [5.41, 5.74) is 6.08. The number of nitrogen functional groups attached to an aromatic ring is 1. The Labute approximate surface area is 125 Å². The lowest BCUT2D eigenvalue weighted by Crippen LogP contribution is -2.37. The fraction of sp³-hybridized carbons (Fsp3) is 0.571. The van der Waals surface area contributed by atoms with Crippen molar-refractivity contribution in [3.05, 3.63) is 23.2 Å². The molecule has 0 aromatic heterocycles. The minimum atomic E-state index is -3.58. The van der Waals surface area contributed by atoms with E-state index >= 15 is 0 Å². The highest BCUT2D eigenvalue weighted by molar-refractivity contribution is 7.89. The molecule has 3 N–H and O–H groups in total. The van der Waals surface area contributed by atoms with Crippen molar-refractivity contribution in [3.63, 3.8) is 0 Å². The number of anilines is 1. The molecule has 1 aromatic carbocycles. The van der Waals surface area contributed by atoms with E-state index in [1.807, 2.05) is 0 Å². The maximum atomic E-state index is 12.3. The van der Waals surface area contributed by atoms with Gasteiger partial charge in [0.05, 0.1) is 5.02 Å². The van der Waals surface area contributed by atoms with Gasteiger partial charge >= 0.3 is 0 Å². The molecule has 1 aliphatic carbocycles. The topological polar surface area (TPSA) is 72.2 Å². The van der Waals surface area contributed by atoms with Gasteiger partial charge in [0, 0.05) is 12.2 Å². The van der Waals surface area contributed by atoms with E-state index in [-0.39, 0.29) is 15.3 Å². The van der Waals surface area contributed by atoms with Crippen LogP contribution < -0.4 is 10.5 Å². The lowest BCUT2D eigenvalue weighted by atomic mass is 9.76. The minimum absolute atomic E-state index is 0.0472. The molecule has 0 amide bonds. The first kappa shape index (κ1) is 15.6. The van der Waals surface area contributed by atoms with E-state index in [4.69, 9.17) is 17.3 Å². The molecule has 2 rings (SSSR count). The van der Waals surface area contributed by atoms with Gasteiger partial charge in [0.25, 0.3) is 0 Å². The van der Waals surface area contributed by atoms with Crippen molar-refractivity contribution in [2.75, 3.05) is 12.3 Å². The number of hydrogen-bond donors (Lipinski definition) is 2. The molecule has 112 valence electrons. The van der Waals surface area contributed by atoms with Crippen molar-refractivity contribution in [3.8, 4) is 0 Å². The molecule has 0 heterocycles. The van der Waals surface area contributed by atoms with Crippen molar-refractivity contribution in [1.29, 1.82) is 0 Å². The second-order valence-electron chi connectivity index (χ2n) is 5.89. The van der Waals surface area contributed by atoms with Gasteiger partial charge in [-0.15, -0.1) is 0 Å². The van der Waals surface area contributed by atoms with Crippen LogP contribution in [0.4, 0.5) is 5.69 Å². The van der Waals surface area contributed by atoms with E-state index in [0.717, 1.165) is 12.8 Å². The highest BCUT2D eigenvalue weighted by Gasteiger charge is 2.29. The summed E-state index contributed by atoms with van der Waals surface area (Å²) >= 11 is 5.97. The predicted molar refractivity (Wildman–Crippen MR) is 82.2 cm³/mol. The Bertz CT molecular complexity index is 581. The molecule has 1 fully saturated rings. The molecular formula is C14H21ClN2O2S. The molecule has 0 atom stereocenters. The van der Waals surface area contributed by atoms with Gasteiger partial charge in [-0.3, -0.25) is 0 Å². The maximum Gasteiger partial charge on any atom is 0.242 e. The summed E-state index contributed by atoms with van der Waals surface area (Å²) in [5, 5.41) is 0.159. The molecule has 1 saturated carbocycles. The van der Waals surface area contributed by atoms with Gasteiger partial charge in [-0.1, -0.05) is 37.8 Å². The largest absolute Gasteiger partial charge is 0.399 e. The zero-order valence-corrected chi connectivity index (χ0v) is 13.2. The summed E-state index contributed by atoms with van der Waals surface area (Å²) in [6, 6.07) is 4.45. The first-order valence-corrected chi connectivity index (χ1v) is 8.73. The number of benzene rings is 1. The van der Waals surface area contributed by atoms with Gasteiger partial charge in [0.1, 0.15) is 4.90 Å². The van der Waals surface area contributed by atoms with Crippen LogP contribution in [0.25, 0.3) is 0 Å². The Morgan fingerprint density at radius 2 is 1.95 bits per heavy atom. The van der Waals surface area contributed by atoms with E-state index in [2.05, 4.69) is 11.6 Å². The van der Waals surface area contributed by atoms with Crippen molar-refractivity contribution < 1.29 is 8.42 Å². The number of halogens is 1. The lowest BCUT2D eigenvalue weighted by Gasteiger charge is -2.33. The molecule has 0 radical (unpaired) electrons. The van der Waals surface area contributed by atoms with Crippen LogP contribution in [0, 0.1) is 5.41 Å². The highest BCUT2D eigenvalue weighted by Crippen LogP contribution is 2.35. The third-order valence-corrected chi connectivity index (χ3v) is 5.88. The fourth-order valence-corrected chi connectivity index (χ4v) is 4.41. The van der Waals surface area contributed by atoms with Crippen LogP contribution in [0.15, 0.2) is 23.1 Å². The lowest BCUT2D eigenvalue weighted by molar-refractivity contribution is 0.219. The summed E-state index contributed by atoms with van der Waals surface area (Å²) < 4.78 is 27.3. The second kappa shape index (κ2) is 5.92. The Hall–Kier alpha value is -0.780. The molecule has 6 heteroatoms. The molecule has 20 heavy (non-hydrogen) atoms. The van der Waals surface area contributed by atoms with Crippen molar-refractivity contribution in [2.24, 2.45) is 5.41 Å². The highest BCUT2D eigenvalue weighted by atomic mass is 35.5. The zero-order valence-electron chi connectivity index (χ0n) is 11.7. The summed E-state index contributed by atoms with van der Waals surface area (Å²) in [5.74, 6) is 0. The van der Waals surface area contributed by atoms with Crippen molar-refractivity contribution in [1.82, 2.24) is 4.72 Å². The van der Waals surface area contributed by atoms with Crippen LogP contribution in [0.3, 0.4) is 0 Å². The van der Waals surface area contributed by atoms with E-state index in [9.17, 15) is 8.42 Å². The molecule has 0 bridgehead atoms. The van der Waals surface area contributed by atoms with Gasteiger partial charge in [0.2, 0.25) is 10.0 Å². The molecule has 0 unspecified atom stereocenters. The van der Waals surface area contributed by atoms with Gasteiger partial charge in [-0.2, -0.15) is 0 Å². The summed E-state index contributed by atoms with van der Waals surface area (Å²) in [6.07, 6.45) is 5.70. The van der Waals surface area contributed by atoms with E-state index in [1.54, 1.807) is 6.07 Å². The van der Waals surface area contributed by atoms with Crippen molar-refractivity contribution >= 4 is 27.3 Å². The first-order valence-electron chi connectivity index (χ1n) is 6.87. The number of nitrogens with one attached hydrogen (secondary N) is 1. The average Bonchev–Trinajstić information content (AvgIpc) is 2.37. The molecule has 0 spiro atoms. The maximum absolute atomic E-state index is 12.3. The minimum Gasteiger partial charge on any atom is -0.399 e. The quantitative estimate of drug-likeness (QED) is 0.838. The van der Waals surface area contributed by atoms with Gasteiger partial charge in [-0.25, -0.2) is 13.1 Å². The molecule has 0 saturated heterocycles. The molecule has 1 aliphatic rings. The van der Waals surface area contributed by atoms with Crippen LogP contribution in [-0.2, 0) is 10.0 Å². The Kier molecular flexibility index (Phi) is 4.62. The first-order chi connectivity index (χ1) is 9.32. The van der Waals surface area contributed by atoms with Crippen LogP contribution in [0.5, 0.6) is 0 Å². The molecule has 4 nitrogen and oxygen atoms in total. The monoisotopic (exact) mass is 316 g/mol. The molecular weight excluding hydrogens is 296 g/mol. The van der Waals surface area contributed by atoms with Crippen LogP contribution in [-0.4, -0.2) is 15.0 Å². The Morgan fingerprint density at radius 1 is 1.30 bits per heavy atom. The molecule has 1 aromatic rings. The third kappa shape index (κ3) is 3.65. The normalized spacial score (nSPS) is 18.9. The number of hydrogen-bond acceptors (Lipinski definition) is 3. The summed E-state index contributed by atoms with van der Waals surface area (Å²) in [6.45, 7) is 2.59. The number of nitrogens with two attached hydrogens (primary N) is 1. The second-order valence-corrected chi connectivity index (χ2v) is 8.03. The molecule has 0 aliphatic heterocycles. The fourth-order valence-electron chi connectivity index (χ4n) is 2.66. The van der Waals surface area contributed by atoms with Crippen LogP contribution in [0.2, 0.25) is 5.02 Å². The van der Waals surface area contributed by atoms with E-state index < -0.39 is 10.0 Å². The van der Waals surface area contributed by atoms with Crippen LogP contribution in [0.1, 0.15) is 39.0 Å². The number of rotatable bonds is 4. The summed E-state index contributed by atoms with van der Waals surface area (Å²) in [7, 11) is -3.58. The van der Waals surface area contributed by atoms with Gasteiger partial charge in [0.15, 0.2) is 0 Å². The summed E-state index contributed by atoms with van der Waals surface area (Å²) in [4.78, 5) is 0.0905. The van der Waals surface area contributed by atoms with Gasteiger partial charge < -0.3 is 5.73 Å². The number of sulfonamides is 1. The van der Waals surface area contributed by atoms with Gasteiger partial charge in [-0.05, 0) is 36.5 Å². The Morgan fingerprint density at radius 3 is 2.55 bits per heavy atom. The zero-order chi connectivity index (χ0) is 14.8. The van der Waals surface area contributed by atoms with Crippen molar-refractivity contribution in [2.45, 2.75) is 43.9 Å².